The second-order valence-corrected chi connectivity index (χ2v) is 6.49. The number of hydrogen-bond acceptors (Lipinski definition) is 5. The number of nitro benzene ring substituents is 1. The molecule has 0 bridgehead atoms. The van der Waals surface area contributed by atoms with Gasteiger partial charge in [0.15, 0.2) is 0 Å². The molecule has 0 radical (unpaired) electrons. The van der Waals surface area contributed by atoms with E-state index in [1.54, 1.807) is 12.1 Å². The maximum absolute atomic E-state index is 12.7. The molecular formula is C20H22N2O4. The van der Waals surface area contributed by atoms with E-state index in [-0.39, 0.29) is 17.8 Å². The highest BCUT2D eigenvalue weighted by atomic mass is 16.6. The summed E-state index contributed by atoms with van der Waals surface area (Å²) in [6, 6.07) is 15.2. The molecule has 0 aliphatic heterocycles. The molecule has 1 atom stereocenters. The first kappa shape index (κ1) is 18.1. The fourth-order valence-electron chi connectivity index (χ4n) is 3.22. The quantitative estimate of drug-likeness (QED) is 0.463. The standard InChI is InChI=1S/C20H22N2O4/c23-20(26-18-11-4-5-12-18)19(16-8-2-1-3-9-16)21-14-15-7-6-10-17(13-15)22(24)25/h1-3,6-10,13,18-19,21H,4-5,11-12,14H2/t19-/m0/s1. The molecule has 2 aromatic rings. The first-order valence-corrected chi connectivity index (χ1v) is 8.85. The lowest BCUT2D eigenvalue weighted by Gasteiger charge is -2.20. The number of rotatable bonds is 7. The number of esters is 1. The van der Waals surface area contributed by atoms with E-state index in [1.165, 1.54) is 12.1 Å². The summed E-state index contributed by atoms with van der Waals surface area (Å²) in [6.07, 6.45) is 4.01. The lowest BCUT2D eigenvalue weighted by molar-refractivity contribution is -0.384. The van der Waals surface area contributed by atoms with Crippen molar-refractivity contribution < 1.29 is 14.5 Å². The van der Waals surface area contributed by atoms with Crippen LogP contribution in [0, 0.1) is 10.1 Å². The van der Waals surface area contributed by atoms with Gasteiger partial charge in [-0.15, -0.1) is 0 Å². The summed E-state index contributed by atoms with van der Waals surface area (Å²) in [4.78, 5) is 23.2. The third kappa shape index (κ3) is 4.67. The molecule has 6 heteroatoms. The molecule has 26 heavy (non-hydrogen) atoms. The number of nitrogens with zero attached hydrogens (tertiary/aromatic N) is 1. The van der Waals surface area contributed by atoms with Crippen LogP contribution in [-0.2, 0) is 16.1 Å². The minimum Gasteiger partial charge on any atom is -0.461 e. The van der Waals surface area contributed by atoms with Gasteiger partial charge in [-0.2, -0.15) is 0 Å². The van der Waals surface area contributed by atoms with Crippen molar-refractivity contribution >= 4 is 11.7 Å². The van der Waals surface area contributed by atoms with Crippen LogP contribution in [-0.4, -0.2) is 17.0 Å². The average molecular weight is 354 g/mol. The van der Waals surface area contributed by atoms with Crippen molar-refractivity contribution in [3.05, 3.63) is 75.8 Å². The van der Waals surface area contributed by atoms with Gasteiger partial charge in [-0.1, -0.05) is 42.5 Å². The van der Waals surface area contributed by atoms with Gasteiger partial charge in [0.05, 0.1) is 4.92 Å². The molecule has 136 valence electrons. The Balaban J connectivity index is 1.72. The van der Waals surface area contributed by atoms with E-state index in [0.717, 1.165) is 36.8 Å². The monoisotopic (exact) mass is 354 g/mol. The number of hydrogen-bond donors (Lipinski definition) is 1. The van der Waals surface area contributed by atoms with Gasteiger partial charge in [0.2, 0.25) is 0 Å². The maximum Gasteiger partial charge on any atom is 0.328 e. The molecule has 0 unspecified atom stereocenters. The van der Waals surface area contributed by atoms with Gasteiger partial charge in [-0.05, 0) is 36.8 Å². The summed E-state index contributed by atoms with van der Waals surface area (Å²) < 4.78 is 5.67. The Morgan fingerprint density at radius 2 is 1.88 bits per heavy atom. The first-order valence-electron chi connectivity index (χ1n) is 8.85. The first-order chi connectivity index (χ1) is 12.6. The van der Waals surface area contributed by atoms with Crippen LogP contribution in [0.5, 0.6) is 0 Å². The van der Waals surface area contributed by atoms with Crippen molar-refractivity contribution in [3.63, 3.8) is 0 Å². The van der Waals surface area contributed by atoms with E-state index in [9.17, 15) is 14.9 Å². The molecule has 2 aromatic carbocycles. The molecule has 1 fully saturated rings. The molecule has 6 nitrogen and oxygen atoms in total. The highest BCUT2D eigenvalue weighted by Crippen LogP contribution is 2.24. The van der Waals surface area contributed by atoms with Crippen LogP contribution in [0.4, 0.5) is 5.69 Å². The zero-order valence-electron chi connectivity index (χ0n) is 14.5. The summed E-state index contributed by atoms with van der Waals surface area (Å²) in [6.45, 7) is 0.334. The zero-order valence-corrected chi connectivity index (χ0v) is 14.5. The van der Waals surface area contributed by atoms with Gasteiger partial charge >= 0.3 is 5.97 Å². The fraction of sp³-hybridized carbons (Fsp3) is 0.350. The topological polar surface area (TPSA) is 81.5 Å². The molecule has 0 heterocycles. The Kier molecular flexibility index (Phi) is 5.96. The van der Waals surface area contributed by atoms with Crippen LogP contribution < -0.4 is 5.32 Å². The number of carbonyl (C=O) groups is 1. The predicted octanol–water partition coefficient (Wildman–Crippen LogP) is 3.91. The number of nitro groups is 1. The Hall–Kier alpha value is -2.73. The Bertz CT molecular complexity index is 757. The van der Waals surface area contributed by atoms with Gasteiger partial charge in [-0.3, -0.25) is 15.4 Å². The summed E-state index contributed by atoms with van der Waals surface area (Å²) in [5, 5.41) is 14.1. The van der Waals surface area contributed by atoms with Crippen molar-refractivity contribution in [3.8, 4) is 0 Å². The van der Waals surface area contributed by atoms with Gasteiger partial charge < -0.3 is 4.74 Å². The molecular weight excluding hydrogens is 332 g/mol. The number of non-ortho nitro benzene ring substituents is 1. The number of benzene rings is 2. The van der Waals surface area contributed by atoms with Crippen LogP contribution in [0.1, 0.15) is 42.9 Å². The van der Waals surface area contributed by atoms with Crippen LogP contribution >= 0.6 is 0 Å². The second kappa shape index (κ2) is 8.58. The summed E-state index contributed by atoms with van der Waals surface area (Å²) in [5.41, 5.74) is 1.60. The third-order valence-electron chi connectivity index (χ3n) is 4.59. The molecule has 1 saturated carbocycles. The molecule has 0 spiro atoms. The minimum atomic E-state index is -0.601. The molecule has 0 saturated heterocycles. The maximum atomic E-state index is 12.7. The Labute approximate surface area is 152 Å². The van der Waals surface area contributed by atoms with E-state index < -0.39 is 11.0 Å². The molecule has 1 N–H and O–H groups in total. The summed E-state index contributed by atoms with van der Waals surface area (Å²) in [7, 11) is 0. The lowest BCUT2D eigenvalue weighted by atomic mass is 10.1. The second-order valence-electron chi connectivity index (χ2n) is 6.49. The molecule has 3 rings (SSSR count). The molecule has 0 amide bonds. The number of ether oxygens (including phenoxy) is 1. The van der Waals surface area contributed by atoms with Crippen molar-refractivity contribution in [2.75, 3.05) is 0 Å². The molecule has 0 aromatic heterocycles. The number of carbonyl (C=O) groups excluding carboxylic acids is 1. The van der Waals surface area contributed by atoms with Crippen LogP contribution in [0.2, 0.25) is 0 Å². The average Bonchev–Trinajstić information content (AvgIpc) is 3.16. The Morgan fingerprint density at radius 3 is 2.58 bits per heavy atom. The summed E-state index contributed by atoms with van der Waals surface area (Å²) in [5.74, 6) is -0.298. The molecule has 1 aliphatic carbocycles. The highest BCUT2D eigenvalue weighted by molar-refractivity contribution is 5.77. The predicted molar refractivity (Wildman–Crippen MR) is 97.5 cm³/mol. The van der Waals surface area contributed by atoms with Gasteiger partial charge in [0.1, 0.15) is 12.1 Å². The van der Waals surface area contributed by atoms with E-state index in [4.69, 9.17) is 4.74 Å². The van der Waals surface area contributed by atoms with E-state index in [2.05, 4.69) is 5.32 Å². The smallest absolute Gasteiger partial charge is 0.328 e. The number of nitrogens with one attached hydrogen (secondary N) is 1. The van der Waals surface area contributed by atoms with Crippen molar-refractivity contribution in [2.24, 2.45) is 0 Å². The van der Waals surface area contributed by atoms with E-state index in [0.29, 0.717) is 6.54 Å². The van der Waals surface area contributed by atoms with Crippen molar-refractivity contribution in [1.82, 2.24) is 5.32 Å². The van der Waals surface area contributed by atoms with Crippen LogP contribution in [0.15, 0.2) is 54.6 Å². The van der Waals surface area contributed by atoms with Crippen LogP contribution in [0.25, 0.3) is 0 Å². The molecule has 1 aliphatic rings. The van der Waals surface area contributed by atoms with E-state index in [1.807, 2.05) is 30.3 Å². The van der Waals surface area contributed by atoms with E-state index >= 15 is 0 Å². The van der Waals surface area contributed by atoms with Gasteiger partial charge in [0.25, 0.3) is 5.69 Å². The normalized spacial score (nSPS) is 15.5. The largest absolute Gasteiger partial charge is 0.461 e. The highest BCUT2D eigenvalue weighted by Gasteiger charge is 2.26. The van der Waals surface area contributed by atoms with Crippen molar-refractivity contribution in [2.45, 2.75) is 44.4 Å². The fourth-order valence-corrected chi connectivity index (χ4v) is 3.22. The summed E-state index contributed by atoms with van der Waals surface area (Å²) >= 11 is 0. The van der Waals surface area contributed by atoms with Gasteiger partial charge in [0, 0.05) is 18.7 Å². The lowest BCUT2D eigenvalue weighted by Crippen LogP contribution is -2.32. The van der Waals surface area contributed by atoms with Crippen molar-refractivity contribution in [1.29, 1.82) is 0 Å². The zero-order chi connectivity index (χ0) is 18.4. The van der Waals surface area contributed by atoms with Crippen LogP contribution in [0.3, 0.4) is 0 Å². The third-order valence-corrected chi connectivity index (χ3v) is 4.59. The minimum absolute atomic E-state index is 0.00618. The van der Waals surface area contributed by atoms with Gasteiger partial charge in [-0.25, -0.2) is 4.79 Å². The SMILES string of the molecule is O=C(OC1CCCC1)[C@@H](NCc1cccc([N+](=O)[O-])c1)c1ccccc1. The Morgan fingerprint density at radius 1 is 1.15 bits per heavy atom.